The maximum Gasteiger partial charge on any atom is 0.156 e. The smallest absolute Gasteiger partial charge is 0.156 e. The predicted molar refractivity (Wildman–Crippen MR) is 77.1 cm³/mol. The van der Waals surface area contributed by atoms with Gasteiger partial charge in [-0.25, -0.2) is 0 Å². The highest BCUT2D eigenvalue weighted by molar-refractivity contribution is 7.10. The summed E-state index contributed by atoms with van der Waals surface area (Å²) in [6.07, 6.45) is 0. The van der Waals surface area contributed by atoms with Crippen molar-refractivity contribution in [1.82, 2.24) is 10.2 Å². The lowest BCUT2D eigenvalue weighted by Crippen LogP contribution is -1.97. The van der Waals surface area contributed by atoms with E-state index in [1.165, 1.54) is 4.88 Å². The number of thiophene rings is 1. The molecule has 0 amide bonds. The number of anilines is 1. The highest BCUT2D eigenvalue weighted by atomic mass is 32.1. The van der Waals surface area contributed by atoms with Gasteiger partial charge in [0.2, 0.25) is 0 Å². The third-order valence-electron chi connectivity index (χ3n) is 2.93. The molecule has 0 spiro atoms. The summed E-state index contributed by atoms with van der Waals surface area (Å²) in [4.78, 5) is 1.29. The predicted octanol–water partition coefficient (Wildman–Crippen LogP) is 3.71. The Morgan fingerprint density at radius 3 is 2.56 bits per heavy atom. The van der Waals surface area contributed by atoms with Gasteiger partial charge < -0.3 is 5.32 Å². The summed E-state index contributed by atoms with van der Waals surface area (Å²) < 4.78 is 0. The molecule has 18 heavy (non-hydrogen) atoms. The van der Waals surface area contributed by atoms with Crippen LogP contribution in [-0.2, 0) is 0 Å². The van der Waals surface area contributed by atoms with Gasteiger partial charge >= 0.3 is 0 Å². The quantitative estimate of drug-likeness (QED) is 0.758. The molecular weight excluding hydrogens is 242 g/mol. The number of nitrogens with zero attached hydrogens (tertiary/aromatic N) is 2. The van der Waals surface area contributed by atoms with Crippen molar-refractivity contribution in [2.45, 2.75) is 6.92 Å². The number of rotatable bonds is 2. The van der Waals surface area contributed by atoms with Gasteiger partial charge in [-0.05, 0) is 13.0 Å². The van der Waals surface area contributed by atoms with Crippen molar-refractivity contribution < 1.29 is 0 Å². The Balaban J connectivity index is 2.31. The van der Waals surface area contributed by atoms with Gasteiger partial charge in [0.15, 0.2) is 5.82 Å². The minimum atomic E-state index is 0.821. The number of benzene rings is 1. The molecule has 3 aromatic rings. The highest BCUT2D eigenvalue weighted by Crippen LogP contribution is 2.31. The summed E-state index contributed by atoms with van der Waals surface area (Å²) in [5.74, 6) is 0.821. The highest BCUT2D eigenvalue weighted by Gasteiger charge is 2.10. The number of aromatic nitrogens is 2. The zero-order valence-corrected chi connectivity index (χ0v) is 11.1. The van der Waals surface area contributed by atoms with Crippen LogP contribution in [0.15, 0.2) is 35.7 Å². The molecule has 90 valence electrons. The van der Waals surface area contributed by atoms with Gasteiger partial charge in [0.1, 0.15) is 5.69 Å². The summed E-state index contributed by atoms with van der Waals surface area (Å²) in [7, 11) is 1.87. The minimum absolute atomic E-state index is 0.821. The number of hydrogen-bond donors (Lipinski definition) is 1. The normalized spacial score (nSPS) is 10.8. The first-order valence-electron chi connectivity index (χ1n) is 5.78. The van der Waals surface area contributed by atoms with Crippen molar-refractivity contribution in [1.29, 1.82) is 0 Å². The van der Waals surface area contributed by atoms with Crippen LogP contribution in [0.5, 0.6) is 0 Å². The average Bonchev–Trinajstić information content (AvgIpc) is 2.84. The lowest BCUT2D eigenvalue weighted by molar-refractivity contribution is 1.06. The molecule has 0 saturated heterocycles. The molecule has 0 unspecified atom stereocenters. The van der Waals surface area contributed by atoms with E-state index in [0.717, 1.165) is 27.8 Å². The van der Waals surface area contributed by atoms with Crippen LogP contribution in [0.4, 0.5) is 5.82 Å². The molecule has 0 aliphatic carbocycles. The van der Waals surface area contributed by atoms with Crippen molar-refractivity contribution in [2.75, 3.05) is 12.4 Å². The fourth-order valence-corrected chi connectivity index (χ4v) is 2.76. The summed E-state index contributed by atoms with van der Waals surface area (Å²) in [5, 5.41) is 16.1. The lowest BCUT2D eigenvalue weighted by atomic mass is 10.1. The van der Waals surface area contributed by atoms with Crippen molar-refractivity contribution in [3.05, 3.63) is 40.6 Å². The minimum Gasteiger partial charge on any atom is -0.371 e. The first-order valence-corrected chi connectivity index (χ1v) is 6.66. The average molecular weight is 255 g/mol. The summed E-state index contributed by atoms with van der Waals surface area (Å²) in [6, 6.07) is 10.4. The van der Waals surface area contributed by atoms with Gasteiger partial charge in [-0.1, -0.05) is 24.3 Å². The summed E-state index contributed by atoms with van der Waals surface area (Å²) in [6.45, 7) is 2.10. The first-order chi connectivity index (χ1) is 8.79. The van der Waals surface area contributed by atoms with Crippen LogP contribution in [0.2, 0.25) is 0 Å². The molecule has 2 heterocycles. The Bertz CT molecular complexity index is 703. The van der Waals surface area contributed by atoms with E-state index in [1.54, 1.807) is 11.3 Å². The van der Waals surface area contributed by atoms with E-state index in [2.05, 4.69) is 46.0 Å². The number of nitrogens with one attached hydrogen (secondary N) is 1. The van der Waals surface area contributed by atoms with Crippen molar-refractivity contribution in [3.8, 4) is 11.3 Å². The number of fused-ring (bicyclic) bond motifs is 1. The molecule has 0 aliphatic rings. The van der Waals surface area contributed by atoms with E-state index in [1.807, 2.05) is 19.2 Å². The first kappa shape index (κ1) is 11.2. The van der Waals surface area contributed by atoms with Crippen LogP contribution in [0.1, 0.15) is 4.88 Å². The van der Waals surface area contributed by atoms with Crippen molar-refractivity contribution in [2.24, 2.45) is 0 Å². The van der Waals surface area contributed by atoms with Gasteiger partial charge in [0.25, 0.3) is 0 Å². The van der Waals surface area contributed by atoms with Crippen LogP contribution >= 0.6 is 11.3 Å². The van der Waals surface area contributed by atoms with Gasteiger partial charge in [0.05, 0.1) is 0 Å². The Hall–Kier alpha value is -1.94. The van der Waals surface area contributed by atoms with E-state index < -0.39 is 0 Å². The van der Waals surface area contributed by atoms with E-state index >= 15 is 0 Å². The van der Waals surface area contributed by atoms with Crippen LogP contribution in [0, 0.1) is 6.92 Å². The molecule has 0 aliphatic heterocycles. The molecule has 0 fully saturated rings. The Morgan fingerprint density at radius 2 is 1.89 bits per heavy atom. The molecule has 1 N–H and O–H groups in total. The zero-order valence-electron chi connectivity index (χ0n) is 10.3. The second-order valence-electron chi connectivity index (χ2n) is 4.14. The molecule has 0 atom stereocenters. The molecule has 0 bridgehead atoms. The summed E-state index contributed by atoms with van der Waals surface area (Å²) in [5.41, 5.74) is 2.10. The van der Waals surface area contributed by atoms with Crippen molar-refractivity contribution >= 4 is 27.9 Å². The monoisotopic (exact) mass is 255 g/mol. The van der Waals surface area contributed by atoms with Gasteiger partial charge in [-0.2, -0.15) is 0 Å². The van der Waals surface area contributed by atoms with E-state index in [-0.39, 0.29) is 0 Å². The zero-order chi connectivity index (χ0) is 12.5. The molecule has 0 radical (unpaired) electrons. The van der Waals surface area contributed by atoms with Gasteiger partial charge in [0, 0.05) is 33.6 Å². The fourth-order valence-electron chi connectivity index (χ4n) is 2.07. The van der Waals surface area contributed by atoms with Crippen molar-refractivity contribution in [3.63, 3.8) is 0 Å². The summed E-state index contributed by atoms with van der Waals surface area (Å²) >= 11 is 1.73. The fraction of sp³-hybridized carbons (Fsp3) is 0.143. The molecule has 3 nitrogen and oxygen atoms in total. The SMILES string of the molecule is CNc1nnc(-c2csc(C)c2)c2ccccc12. The maximum atomic E-state index is 4.36. The van der Waals surface area contributed by atoms with Crippen LogP contribution in [-0.4, -0.2) is 17.2 Å². The maximum absolute atomic E-state index is 4.36. The topological polar surface area (TPSA) is 37.8 Å². The molecule has 2 aromatic heterocycles. The molecule has 3 rings (SSSR count). The van der Waals surface area contributed by atoms with Crippen LogP contribution in [0.3, 0.4) is 0 Å². The van der Waals surface area contributed by atoms with Gasteiger partial charge in [-0.15, -0.1) is 21.5 Å². The van der Waals surface area contributed by atoms with E-state index in [9.17, 15) is 0 Å². The van der Waals surface area contributed by atoms with Gasteiger partial charge in [-0.3, -0.25) is 0 Å². The lowest BCUT2D eigenvalue weighted by Gasteiger charge is -2.07. The van der Waals surface area contributed by atoms with E-state index in [0.29, 0.717) is 0 Å². The third-order valence-corrected chi connectivity index (χ3v) is 3.79. The number of aryl methyl sites for hydroxylation is 1. The largest absolute Gasteiger partial charge is 0.371 e. The van der Waals surface area contributed by atoms with Crippen LogP contribution < -0.4 is 5.32 Å². The molecule has 1 aromatic carbocycles. The second kappa shape index (κ2) is 4.38. The van der Waals surface area contributed by atoms with E-state index in [4.69, 9.17) is 0 Å². The molecule has 4 heteroatoms. The second-order valence-corrected chi connectivity index (χ2v) is 5.25. The van der Waals surface area contributed by atoms with Crippen LogP contribution in [0.25, 0.3) is 22.0 Å². The number of hydrogen-bond acceptors (Lipinski definition) is 4. The Kier molecular flexibility index (Phi) is 2.72. The standard InChI is InChI=1S/C14H13N3S/c1-9-7-10(8-18-9)13-11-5-3-4-6-12(11)14(15-2)17-16-13/h3-8H,1-2H3,(H,15,17). The Labute approximate surface area is 109 Å². The Morgan fingerprint density at radius 1 is 1.11 bits per heavy atom. The third kappa shape index (κ3) is 1.75. The molecule has 0 saturated carbocycles. The molecular formula is C14H13N3S.